The molecule has 1 unspecified atom stereocenters. The first-order chi connectivity index (χ1) is 4.18. The number of carboxylic acids is 1. The smallest absolute Gasteiger partial charge is 0.362 e. The number of carboxylic acid groups (broad SMARTS) is 1. The summed E-state index contributed by atoms with van der Waals surface area (Å²) in [6.07, 6.45) is 2.62. The predicted molar refractivity (Wildman–Crippen MR) is 37.3 cm³/mol. The van der Waals surface area contributed by atoms with E-state index in [1.807, 2.05) is 6.26 Å². The van der Waals surface area contributed by atoms with E-state index in [-0.39, 0.29) is 0 Å². The third-order valence-electron chi connectivity index (χ3n) is 1.02. The van der Waals surface area contributed by atoms with Crippen LogP contribution in [0, 0.1) is 0 Å². The number of carbonyl (C=O) groups is 1. The van der Waals surface area contributed by atoms with E-state index >= 15 is 0 Å². The predicted octanol–water partition coefficient (Wildman–Crippen LogP) is -0.565. The van der Waals surface area contributed by atoms with Crippen molar-refractivity contribution in [3.8, 4) is 0 Å². The lowest BCUT2D eigenvalue weighted by atomic mass is 10.2. The Balaban J connectivity index is 3.27. The topological polar surface area (TPSA) is 64.9 Å². The molecule has 0 amide bonds. The largest absolute Gasteiger partial charge is 0.477 e. The molecule has 4 heteroatoms. The van der Waals surface area contributed by atoms with E-state index in [1.165, 1.54) is 0 Å². The zero-order valence-electron chi connectivity index (χ0n) is 5.46. The summed E-state index contributed by atoms with van der Waals surface area (Å²) >= 11 is 1.64. The third-order valence-corrected chi connectivity index (χ3v) is 1.66. The Bertz CT molecular complexity index is 97.0. The Morgan fingerprint density at radius 2 is 2.44 bits per heavy atom. The summed E-state index contributed by atoms with van der Waals surface area (Å²) < 4.78 is 0. The number of thioether (sulfide) groups is 1. The molecule has 0 aliphatic heterocycles. The lowest BCUT2D eigenvalue weighted by Crippen LogP contribution is -2.65. The highest BCUT2D eigenvalue weighted by Crippen LogP contribution is 1.96. The van der Waals surface area contributed by atoms with Gasteiger partial charge in [0.25, 0.3) is 0 Å². The molecule has 0 saturated carbocycles. The van der Waals surface area contributed by atoms with E-state index < -0.39 is 12.0 Å². The monoisotopic (exact) mass is 150 g/mol. The van der Waals surface area contributed by atoms with Gasteiger partial charge in [-0.15, -0.1) is 0 Å². The highest BCUT2D eigenvalue weighted by Gasteiger charge is 2.13. The third kappa shape index (κ3) is 4.29. The maximum absolute atomic E-state index is 10.1. The van der Waals surface area contributed by atoms with Crippen LogP contribution in [0.1, 0.15) is 6.42 Å². The molecule has 0 aromatic heterocycles. The number of hydrogen-bond acceptors (Lipinski definition) is 2. The van der Waals surface area contributed by atoms with Crippen molar-refractivity contribution in [2.45, 2.75) is 12.5 Å². The quantitative estimate of drug-likeness (QED) is 0.564. The molecule has 0 spiro atoms. The van der Waals surface area contributed by atoms with Crippen LogP contribution >= 0.6 is 11.8 Å². The second kappa shape index (κ2) is 4.64. The van der Waals surface area contributed by atoms with Gasteiger partial charge in [0.15, 0.2) is 6.04 Å². The average Bonchev–Trinajstić information content (AvgIpc) is 1.82. The van der Waals surface area contributed by atoms with E-state index in [4.69, 9.17) is 5.11 Å². The highest BCUT2D eigenvalue weighted by atomic mass is 32.2. The van der Waals surface area contributed by atoms with Crippen molar-refractivity contribution in [1.82, 2.24) is 0 Å². The van der Waals surface area contributed by atoms with Crippen LogP contribution in [-0.2, 0) is 4.79 Å². The summed E-state index contributed by atoms with van der Waals surface area (Å²) in [5.74, 6) is 0.0737. The molecular weight excluding hydrogens is 138 g/mol. The van der Waals surface area contributed by atoms with Crippen LogP contribution in [0.2, 0.25) is 0 Å². The maximum atomic E-state index is 10.1. The molecule has 0 heterocycles. The molecule has 9 heavy (non-hydrogen) atoms. The van der Waals surface area contributed by atoms with E-state index in [0.717, 1.165) is 5.75 Å². The van der Waals surface area contributed by atoms with Gasteiger partial charge in [0.05, 0.1) is 0 Å². The van der Waals surface area contributed by atoms with Crippen molar-refractivity contribution in [1.29, 1.82) is 0 Å². The molecule has 0 saturated heterocycles. The fraction of sp³-hybridized carbons (Fsp3) is 0.800. The van der Waals surface area contributed by atoms with Gasteiger partial charge in [-0.05, 0) is 12.0 Å². The summed E-state index contributed by atoms with van der Waals surface area (Å²) in [5.41, 5.74) is 3.46. The second-order valence-corrected chi connectivity index (χ2v) is 2.80. The van der Waals surface area contributed by atoms with Gasteiger partial charge in [-0.1, -0.05) is 0 Å². The fourth-order valence-electron chi connectivity index (χ4n) is 0.384. The van der Waals surface area contributed by atoms with Crippen molar-refractivity contribution in [2.24, 2.45) is 0 Å². The molecule has 0 aliphatic rings. The van der Waals surface area contributed by atoms with Gasteiger partial charge in [0, 0.05) is 6.42 Å². The SMILES string of the molecule is CSCCC([NH3+])C(=O)O. The zero-order chi connectivity index (χ0) is 7.28. The first-order valence-electron chi connectivity index (χ1n) is 2.73. The number of aliphatic carboxylic acids is 1. The maximum Gasteiger partial charge on any atom is 0.362 e. The summed E-state index contributed by atoms with van der Waals surface area (Å²) in [6.45, 7) is 0. The average molecular weight is 150 g/mol. The molecule has 0 aromatic carbocycles. The van der Waals surface area contributed by atoms with Crippen molar-refractivity contribution >= 4 is 17.7 Å². The van der Waals surface area contributed by atoms with Gasteiger partial charge in [0.1, 0.15) is 0 Å². The molecule has 0 rings (SSSR count). The minimum Gasteiger partial charge on any atom is -0.477 e. The van der Waals surface area contributed by atoms with Crippen LogP contribution in [0.4, 0.5) is 0 Å². The van der Waals surface area contributed by atoms with Crippen LogP contribution in [0.25, 0.3) is 0 Å². The molecule has 4 N–H and O–H groups in total. The van der Waals surface area contributed by atoms with E-state index in [9.17, 15) is 4.79 Å². The minimum atomic E-state index is -0.802. The van der Waals surface area contributed by atoms with E-state index in [0.29, 0.717) is 6.42 Å². The van der Waals surface area contributed by atoms with Gasteiger partial charge in [0.2, 0.25) is 0 Å². The van der Waals surface area contributed by atoms with Gasteiger partial charge in [-0.3, -0.25) is 0 Å². The van der Waals surface area contributed by atoms with Crippen LogP contribution in [-0.4, -0.2) is 29.1 Å². The van der Waals surface area contributed by atoms with Crippen LogP contribution in [0.3, 0.4) is 0 Å². The lowest BCUT2D eigenvalue weighted by molar-refractivity contribution is -0.407. The Kier molecular flexibility index (Phi) is 4.53. The van der Waals surface area contributed by atoms with Crippen molar-refractivity contribution in [3.05, 3.63) is 0 Å². The molecule has 1 atom stereocenters. The molecular formula is C5H12NO2S+. The summed E-state index contributed by atoms with van der Waals surface area (Å²) in [6, 6.07) is -0.433. The Labute approximate surface area is 58.6 Å². The van der Waals surface area contributed by atoms with Crippen molar-refractivity contribution in [3.63, 3.8) is 0 Å². The number of rotatable bonds is 4. The molecule has 0 fully saturated rings. The summed E-state index contributed by atoms with van der Waals surface area (Å²) in [4.78, 5) is 10.1. The minimum absolute atomic E-state index is 0.433. The Morgan fingerprint density at radius 1 is 1.89 bits per heavy atom. The first kappa shape index (κ1) is 8.78. The zero-order valence-corrected chi connectivity index (χ0v) is 6.28. The Morgan fingerprint density at radius 3 is 2.78 bits per heavy atom. The van der Waals surface area contributed by atoms with Gasteiger partial charge < -0.3 is 10.8 Å². The van der Waals surface area contributed by atoms with Crippen LogP contribution < -0.4 is 5.73 Å². The van der Waals surface area contributed by atoms with Gasteiger partial charge in [-0.2, -0.15) is 11.8 Å². The first-order valence-corrected chi connectivity index (χ1v) is 4.12. The van der Waals surface area contributed by atoms with E-state index in [2.05, 4.69) is 5.73 Å². The van der Waals surface area contributed by atoms with E-state index in [1.54, 1.807) is 11.8 Å². The highest BCUT2D eigenvalue weighted by molar-refractivity contribution is 7.98. The van der Waals surface area contributed by atoms with Crippen molar-refractivity contribution in [2.75, 3.05) is 12.0 Å². The molecule has 0 aromatic rings. The number of hydrogen-bond donors (Lipinski definition) is 2. The Hall–Kier alpha value is -0.220. The van der Waals surface area contributed by atoms with Gasteiger partial charge >= 0.3 is 5.97 Å². The van der Waals surface area contributed by atoms with Crippen molar-refractivity contribution < 1.29 is 15.6 Å². The standard InChI is InChI=1S/C5H11NO2S/c1-9-3-2-4(6)5(7)8/h4H,2-3,6H2,1H3,(H,7,8)/p+1. The second-order valence-electron chi connectivity index (χ2n) is 1.82. The molecule has 3 nitrogen and oxygen atoms in total. The molecule has 54 valence electrons. The van der Waals surface area contributed by atoms with Gasteiger partial charge in [-0.25, -0.2) is 4.79 Å². The van der Waals surface area contributed by atoms with Crippen LogP contribution in [0.15, 0.2) is 0 Å². The molecule has 0 aliphatic carbocycles. The molecule has 0 radical (unpaired) electrons. The molecule has 0 bridgehead atoms. The fourth-order valence-corrected chi connectivity index (χ4v) is 0.904. The van der Waals surface area contributed by atoms with Crippen LogP contribution in [0.5, 0.6) is 0 Å². The number of quaternary nitrogens is 1. The summed E-state index contributed by atoms with van der Waals surface area (Å²) in [5, 5.41) is 8.34. The lowest BCUT2D eigenvalue weighted by Gasteiger charge is -1.98. The summed E-state index contributed by atoms with van der Waals surface area (Å²) in [7, 11) is 0. The normalized spacial score (nSPS) is 13.1.